The van der Waals surface area contributed by atoms with E-state index in [1.807, 2.05) is 13.8 Å². The summed E-state index contributed by atoms with van der Waals surface area (Å²) in [6.07, 6.45) is 6.23. The normalized spacial score (nSPS) is 27.7. The molecule has 0 unspecified atom stereocenters. The van der Waals surface area contributed by atoms with Gasteiger partial charge < -0.3 is 5.32 Å². The highest BCUT2D eigenvalue weighted by molar-refractivity contribution is 5.78. The molecule has 0 radical (unpaired) electrons. The number of carbonyl (C=O) groups is 1. The molecule has 1 fully saturated rings. The summed E-state index contributed by atoms with van der Waals surface area (Å²) >= 11 is 0. The number of hydrogen-bond donors (Lipinski definition) is 1. The Kier molecular flexibility index (Phi) is 4.43. The van der Waals surface area contributed by atoms with E-state index in [-0.39, 0.29) is 11.8 Å². The van der Waals surface area contributed by atoms with Gasteiger partial charge in [0.05, 0.1) is 0 Å². The lowest BCUT2D eigenvalue weighted by molar-refractivity contribution is -0.125. The SMILES string of the molecule is CCC1CCC(NC(=O)C(C)C)CC1. The summed E-state index contributed by atoms with van der Waals surface area (Å²) in [6, 6.07) is 0.452. The summed E-state index contributed by atoms with van der Waals surface area (Å²) in [7, 11) is 0. The van der Waals surface area contributed by atoms with Gasteiger partial charge in [0.2, 0.25) is 5.91 Å². The molecule has 82 valence electrons. The van der Waals surface area contributed by atoms with E-state index in [0.29, 0.717) is 6.04 Å². The molecule has 2 nitrogen and oxygen atoms in total. The quantitative estimate of drug-likeness (QED) is 0.740. The van der Waals surface area contributed by atoms with E-state index < -0.39 is 0 Å². The second-order valence-electron chi connectivity index (χ2n) is 4.79. The van der Waals surface area contributed by atoms with Gasteiger partial charge in [0.25, 0.3) is 0 Å². The van der Waals surface area contributed by atoms with Crippen LogP contribution in [0.1, 0.15) is 52.9 Å². The third kappa shape index (κ3) is 3.32. The molecule has 2 heteroatoms. The predicted molar refractivity (Wildman–Crippen MR) is 59.0 cm³/mol. The van der Waals surface area contributed by atoms with E-state index >= 15 is 0 Å². The first-order valence-electron chi connectivity index (χ1n) is 5.93. The summed E-state index contributed by atoms with van der Waals surface area (Å²) in [5, 5.41) is 3.12. The lowest BCUT2D eigenvalue weighted by atomic mass is 9.84. The summed E-state index contributed by atoms with van der Waals surface area (Å²) in [5.74, 6) is 1.24. The van der Waals surface area contributed by atoms with Gasteiger partial charge in [-0.05, 0) is 31.6 Å². The first-order valence-corrected chi connectivity index (χ1v) is 5.93. The van der Waals surface area contributed by atoms with Crippen molar-refractivity contribution in [3.63, 3.8) is 0 Å². The topological polar surface area (TPSA) is 29.1 Å². The van der Waals surface area contributed by atoms with Crippen molar-refractivity contribution in [1.29, 1.82) is 0 Å². The van der Waals surface area contributed by atoms with Gasteiger partial charge in [-0.3, -0.25) is 4.79 Å². The average Bonchev–Trinajstić information content (AvgIpc) is 2.19. The van der Waals surface area contributed by atoms with E-state index in [2.05, 4.69) is 12.2 Å². The molecule has 0 aliphatic heterocycles. The maximum absolute atomic E-state index is 11.5. The fraction of sp³-hybridized carbons (Fsp3) is 0.917. The zero-order valence-corrected chi connectivity index (χ0v) is 9.68. The smallest absolute Gasteiger partial charge is 0.222 e. The van der Waals surface area contributed by atoms with Gasteiger partial charge in [0.1, 0.15) is 0 Å². The average molecular weight is 197 g/mol. The Morgan fingerprint density at radius 2 is 1.86 bits per heavy atom. The van der Waals surface area contributed by atoms with Crippen molar-refractivity contribution in [2.24, 2.45) is 11.8 Å². The van der Waals surface area contributed by atoms with Crippen LogP contribution in [0.5, 0.6) is 0 Å². The van der Waals surface area contributed by atoms with Crippen LogP contribution in [-0.4, -0.2) is 11.9 Å². The molecule has 0 aromatic carbocycles. The summed E-state index contributed by atoms with van der Waals surface area (Å²) in [4.78, 5) is 11.5. The van der Waals surface area contributed by atoms with Crippen LogP contribution in [0.3, 0.4) is 0 Å². The van der Waals surface area contributed by atoms with Crippen molar-refractivity contribution >= 4 is 5.91 Å². The van der Waals surface area contributed by atoms with Gasteiger partial charge in [-0.2, -0.15) is 0 Å². The lowest BCUT2D eigenvalue weighted by Crippen LogP contribution is -2.39. The molecule has 0 saturated heterocycles. The predicted octanol–water partition coefficient (Wildman–Crippen LogP) is 2.73. The minimum Gasteiger partial charge on any atom is -0.353 e. The fourth-order valence-corrected chi connectivity index (χ4v) is 2.08. The molecule has 14 heavy (non-hydrogen) atoms. The van der Waals surface area contributed by atoms with Gasteiger partial charge in [0, 0.05) is 12.0 Å². The Labute approximate surface area is 87.5 Å². The van der Waals surface area contributed by atoms with E-state index in [1.54, 1.807) is 0 Å². The standard InChI is InChI=1S/C12H23NO/c1-4-10-5-7-11(8-6-10)13-12(14)9(2)3/h9-11H,4-8H2,1-3H3,(H,13,14). The van der Waals surface area contributed by atoms with Crippen LogP contribution >= 0.6 is 0 Å². The number of hydrogen-bond acceptors (Lipinski definition) is 1. The molecule has 1 aliphatic carbocycles. The molecule has 0 heterocycles. The Morgan fingerprint density at radius 1 is 1.29 bits per heavy atom. The van der Waals surface area contributed by atoms with Crippen LogP contribution in [0.4, 0.5) is 0 Å². The molecule has 1 saturated carbocycles. The number of nitrogens with one attached hydrogen (secondary N) is 1. The third-order valence-electron chi connectivity index (χ3n) is 3.29. The molecule has 0 bridgehead atoms. The number of rotatable bonds is 3. The molecular weight excluding hydrogens is 174 g/mol. The lowest BCUT2D eigenvalue weighted by Gasteiger charge is -2.28. The van der Waals surface area contributed by atoms with Crippen molar-refractivity contribution < 1.29 is 4.79 Å². The molecular formula is C12H23NO. The Morgan fingerprint density at radius 3 is 2.29 bits per heavy atom. The zero-order valence-electron chi connectivity index (χ0n) is 9.68. The maximum atomic E-state index is 11.5. The molecule has 0 aromatic rings. The van der Waals surface area contributed by atoms with Crippen LogP contribution in [0, 0.1) is 11.8 Å². The Bertz CT molecular complexity index is 181. The highest BCUT2D eigenvalue weighted by Gasteiger charge is 2.21. The van der Waals surface area contributed by atoms with Crippen molar-refractivity contribution in [2.45, 2.75) is 58.9 Å². The van der Waals surface area contributed by atoms with E-state index in [9.17, 15) is 4.79 Å². The molecule has 1 aliphatic rings. The highest BCUT2D eigenvalue weighted by Crippen LogP contribution is 2.26. The van der Waals surface area contributed by atoms with Gasteiger partial charge in [-0.1, -0.05) is 27.2 Å². The van der Waals surface area contributed by atoms with Gasteiger partial charge in [-0.25, -0.2) is 0 Å². The number of carbonyl (C=O) groups excluding carboxylic acids is 1. The van der Waals surface area contributed by atoms with Crippen LogP contribution in [0.25, 0.3) is 0 Å². The zero-order chi connectivity index (χ0) is 10.6. The van der Waals surface area contributed by atoms with Crippen molar-refractivity contribution in [3.05, 3.63) is 0 Å². The van der Waals surface area contributed by atoms with E-state index in [1.165, 1.54) is 32.1 Å². The molecule has 0 aromatic heterocycles. The highest BCUT2D eigenvalue weighted by atomic mass is 16.1. The van der Waals surface area contributed by atoms with Gasteiger partial charge >= 0.3 is 0 Å². The van der Waals surface area contributed by atoms with E-state index in [0.717, 1.165) is 5.92 Å². The Hall–Kier alpha value is -0.530. The Balaban J connectivity index is 2.25. The van der Waals surface area contributed by atoms with Crippen molar-refractivity contribution in [2.75, 3.05) is 0 Å². The largest absolute Gasteiger partial charge is 0.353 e. The molecule has 0 spiro atoms. The molecule has 0 atom stereocenters. The van der Waals surface area contributed by atoms with Gasteiger partial charge in [0.15, 0.2) is 0 Å². The summed E-state index contributed by atoms with van der Waals surface area (Å²) in [5.41, 5.74) is 0. The van der Waals surface area contributed by atoms with Crippen LogP contribution < -0.4 is 5.32 Å². The van der Waals surface area contributed by atoms with Crippen LogP contribution in [0.15, 0.2) is 0 Å². The summed E-state index contributed by atoms with van der Waals surface area (Å²) in [6.45, 7) is 6.16. The van der Waals surface area contributed by atoms with E-state index in [4.69, 9.17) is 0 Å². The van der Waals surface area contributed by atoms with Crippen molar-refractivity contribution in [1.82, 2.24) is 5.32 Å². The monoisotopic (exact) mass is 197 g/mol. The van der Waals surface area contributed by atoms with Crippen molar-refractivity contribution in [3.8, 4) is 0 Å². The molecule has 1 rings (SSSR count). The minimum atomic E-state index is 0.124. The first-order chi connectivity index (χ1) is 6.63. The number of amides is 1. The van der Waals surface area contributed by atoms with Crippen LogP contribution in [0.2, 0.25) is 0 Å². The second-order valence-corrected chi connectivity index (χ2v) is 4.79. The molecule has 1 N–H and O–H groups in total. The second kappa shape index (κ2) is 5.38. The molecule has 1 amide bonds. The third-order valence-corrected chi connectivity index (χ3v) is 3.29. The summed E-state index contributed by atoms with van der Waals surface area (Å²) < 4.78 is 0. The fourth-order valence-electron chi connectivity index (χ4n) is 2.08. The van der Waals surface area contributed by atoms with Gasteiger partial charge in [-0.15, -0.1) is 0 Å². The maximum Gasteiger partial charge on any atom is 0.222 e. The minimum absolute atomic E-state index is 0.124. The first kappa shape index (κ1) is 11.5. The van der Waals surface area contributed by atoms with Crippen LogP contribution in [-0.2, 0) is 4.79 Å².